The number of hydrogen-bond donors (Lipinski definition) is 1. The van der Waals surface area contributed by atoms with Gasteiger partial charge in [0.25, 0.3) is 0 Å². The molecule has 0 unspecified atom stereocenters. The molecule has 3 saturated heterocycles. The first-order valence-corrected chi connectivity index (χ1v) is 9.84. The van der Waals surface area contributed by atoms with Crippen LogP contribution in [0.2, 0.25) is 0 Å². The van der Waals surface area contributed by atoms with E-state index in [0.29, 0.717) is 19.8 Å². The molecule has 0 radical (unpaired) electrons. The normalized spacial score (nSPS) is 36.4. The van der Waals surface area contributed by atoms with Gasteiger partial charge in [-0.25, -0.2) is 4.79 Å². The van der Waals surface area contributed by atoms with Crippen LogP contribution in [0.15, 0.2) is 0 Å². The molecular formula is C19H34N2O6. The van der Waals surface area contributed by atoms with Gasteiger partial charge in [-0.3, -0.25) is 4.90 Å². The van der Waals surface area contributed by atoms with Gasteiger partial charge in [-0.15, -0.1) is 0 Å². The van der Waals surface area contributed by atoms with Crippen molar-refractivity contribution in [3.05, 3.63) is 0 Å². The van der Waals surface area contributed by atoms with Gasteiger partial charge in [0, 0.05) is 19.6 Å². The van der Waals surface area contributed by atoms with Crippen LogP contribution in [0.5, 0.6) is 0 Å². The highest BCUT2D eigenvalue weighted by molar-refractivity contribution is 5.67. The molecule has 0 bridgehead atoms. The molecule has 0 saturated carbocycles. The Hall–Kier alpha value is -0.930. The Labute approximate surface area is 161 Å². The van der Waals surface area contributed by atoms with Crippen molar-refractivity contribution in [1.29, 1.82) is 0 Å². The Balaban J connectivity index is 1.55. The molecule has 8 nitrogen and oxygen atoms in total. The van der Waals surface area contributed by atoms with E-state index in [1.165, 1.54) is 0 Å². The van der Waals surface area contributed by atoms with Crippen molar-refractivity contribution in [3.63, 3.8) is 0 Å². The summed E-state index contributed by atoms with van der Waals surface area (Å²) in [4.78, 5) is 14.3. The van der Waals surface area contributed by atoms with E-state index in [9.17, 15) is 4.79 Å². The number of carbonyl (C=O) groups excluding carboxylic acids is 1. The molecule has 1 amide bonds. The average Bonchev–Trinajstić information content (AvgIpc) is 3.00. The van der Waals surface area contributed by atoms with Crippen molar-refractivity contribution in [1.82, 2.24) is 10.2 Å². The van der Waals surface area contributed by atoms with Gasteiger partial charge >= 0.3 is 6.09 Å². The highest BCUT2D eigenvalue weighted by Gasteiger charge is 2.54. The minimum Gasteiger partial charge on any atom is -0.444 e. The van der Waals surface area contributed by atoms with Crippen LogP contribution in [0.4, 0.5) is 4.79 Å². The predicted molar refractivity (Wildman–Crippen MR) is 98.6 cm³/mol. The topological polar surface area (TPSA) is 78.5 Å². The summed E-state index contributed by atoms with van der Waals surface area (Å²) in [5.74, 6) is -0.575. The Morgan fingerprint density at radius 1 is 1.26 bits per heavy atom. The molecule has 0 aromatic heterocycles. The van der Waals surface area contributed by atoms with Crippen molar-refractivity contribution in [3.8, 4) is 0 Å². The van der Waals surface area contributed by atoms with Crippen molar-refractivity contribution in [2.24, 2.45) is 0 Å². The third kappa shape index (κ3) is 5.32. The maximum atomic E-state index is 12.0. The van der Waals surface area contributed by atoms with E-state index in [2.05, 4.69) is 10.2 Å². The lowest BCUT2D eigenvalue weighted by Crippen LogP contribution is -2.54. The first kappa shape index (κ1) is 20.8. The van der Waals surface area contributed by atoms with Crippen LogP contribution in [0.25, 0.3) is 0 Å². The molecular weight excluding hydrogens is 352 g/mol. The zero-order valence-corrected chi connectivity index (χ0v) is 17.3. The van der Waals surface area contributed by atoms with E-state index in [-0.39, 0.29) is 30.5 Å². The molecule has 3 fully saturated rings. The lowest BCUT2D eigenvalue weighted by molar-refractivity contribution is -0.188. The molecule has 0 aliphatic carbocycles. The fraction of sp³-hybridized carbons (Fsp3) is 0.947. The van der Waals surface area contributed by atoms with E-state index in [4.69, 9.17) is 23.7 Å². The van der Waals surface area contributed by atoms with Crippen LogP contribution in [-0.4, -0.2) is 85.7 Å². The minimum atomic E-state index is -0.575. The highest BCUT2D eigenvalue weighted by atomic mass is 16.8. The molecule has 3 heterocycles. The van der Waals surface area contributed by atoms with Gasteiger partial charge in [0.15, 0.2) is 5.79 Å². The lowest BCUT2D eigenvalue weighted by atomic mass is 10.1. The Bertz CT molecular complexity index is 535. The Morgan fingerprint density at radius 3 is 2.67 bits per heavy atom. The van der Waals surface area contributed by atoms with Crippen LogP contribution >= 0.6 is 0 Å². The van der Waals surface area contributed by atoms with Gasteiger partial charge in [0.05, 0.1) is 31.5 Å². The number of alkyl carbamates (subject to hydrolysis) is 1. The van der Waals surface area contributed by atoms with Crippen LogP contribution in [-0.2, 0) is 23.7 Å². The van der Waals surface area contributed by atoms with Gasteiger partial charge in [-0.1, -0.05) is 0 Å². The third-order valence-electron chi connectivity index (χ3n) is 5.03. The summed E-state index contributed by atoms with van der Waals surface area (Å²) in [5.41, 5.74) is -0.512. The molecule has 8 heteroatoms. The molecule has 5 atom stereocenters. The minimum absolute atomic E-state index is 0.00107. The number of amides is 1. The molecule has 3 aliphatic rings. The monoisotopic (exact) mass is 386 g/mol. The molecule has 3 aliphatic heterocycles. The summed E-state index contributed by atoms with van der Waals surface area (Å²) >= 11 is 0. The molecule has 27 heavy (non-hydrogen) atoms. The van der Waals surface area contributed by atoms with Crippen molar-refractivity contribution >= 4 is 6.09 Å². The molecule has 0 spiro atoms. The first-order chi connectivity index (χ1) is 12.5. The predicted octanol–water partition coefficient (Wildman–Crippen LogP) is 1.52. The Morgan fingerprint density at radius 2 is 1.96 bits per heavy atom. The molecule has 0 aromatic rings. The fourth-order valence-corrected chi connectivity index (χ4v) is 3.91. The maximum Gasteiger partial charge on any atom is 0.407 e. The summed E-state index contributed by atoms with van der Waals surface area (Å²) in [6.45, 7) is 14.7. The average molecular weight is 386 g/mol. The van der Waals surface area contributed by atoms with Gasteiger partial charge in [0.2, 0.25) is 0 Å². The lowest BCUT2D eigenvalue weighted by Gasteiger charge is -2.37. The number of carbonyl (C=O) groups is 1. The van der Waals surface area contributed by atoms with Gasteiger partial charge in [-0.05, 0) is 41.5 Å². The number of rotatable bonds is 4. The SMILES string of the molecule is C[C@@H]1O[C@H](CN2CCOC[C@@H]2CNC(=O)OC(C)(C)C)[C@H]2OC(C)(C)O[C@H]21. The van der Waals surface area contributed by atoms with Crippen molar-refractivity contribution in [2.45, 2.75) is 83.4 Å². The smallest absolute Gasteiger partial charge is 0.407 e. The second-order valence-electron chi connectivity index (χ2n) is 9.05. The van der Waals surface area contributed by atoms with Gasteiger partial charge in [-0.2, -0.15) is 0 Å². The van der Waals surface area contributed by atoms with E-state index in [1.54, 1.807) is 0 Å². The molecule has 0 aromatic carbocycles. The van der Waals surface area contributed by atoms with E-state index >= 15 is 0 Å². The fourth-order valence-electron chi connectivity index (χ4n) is 3.91. The van der Waals surface area contributed by atoms with Crippen molar-refractivity contribution < 1.29 is 28.5 Å². The summed E-state index contributed by atoms with van der Waals surface area (Å²) in [7, 11) is 0. The van der Waals surface area contributed by atoms with Crippen LogP contribution in [0.3, 0.4) is 0 Å². The summed E-state index contributed by atoms with van der Waals surface area (Å²) in [6.07, 6.45) is -0.579. The number of morpholine rings is 1. The molecule has 156 valence electrons. The number of hydrogen-bond acceptors (Lipinski definition) is 7. The quantitative estimate of drug-likeness (QED) is 0.785. The Kier molecular flexibility index (Phi) is 6.03. The second kappa shape index (κ2) is 7.83. The van der Waals surface area contributed by atoms with Crippen LogP contribution in [0.1, 0.15) is 41.5 Å². The third-order valence-corrected chi connectivity index (χ3v) is 5.03. The first-order valence-electron chi connectivity index (χ1n) is 9.84. The standard InChI is InChI=1S/C19H34N2O6/c1-12-15-16(26-19(5,6)25-15)14(24-12)10-21-7-8-23-11-13(21)9-20-17(22)27-18(2,3)4/h12-16H,7-11H2,1-6H3,(H,20,22)/t12-,13-,14+,15-,16+/m0/s1. The summed E-state index contributed by atoms with van der Waals surface area (Å²) in [6, 6.07) is 0.0690. The number of nitrogens with zero attached hydrogens (tertiary/aromatic N) is 1. The largest absolute Gasteiger partial charge is 0.444 e. The number of fused-ring (bicyclic) bond motifs is 1. The number of nitrogens with one attached hydrogen (secondary N) is 1. The molecule has 1 N–H and O–H groups in total. The van der Waals surface area contributed by atoms with E-state index < -0.39 is 17.5 Å². The van der Waals surface area contributed by atoms with Gasteiger partial charge < -0.3 is 29.0 Å². The zero-order valence-electron chi connectivity index (χ0n) is 17.3. The van der Waals surface area contributed by atoms with Crippen molar-refractivity contribution in [2.75, 3.05) is 32.8 Å². The summed E-state index contributed by atoms with van der Waals surface area (Å²) in [5, 5.41) is 2.85. The van der Waals surface area contributed by atoms with Crippen LogP contribution in [0, 0.1) is 0 Å². The van der Waals surface area contributed by atoms with Gasteiger partial charge in [0.1, 0.15) is 17.8 Å². The van der Waals surface area contributed by atoms with E-state index in [1.807, 2.05) is 41.5 Å². The summed E-state index contributed by atoms with van der Waals surface area (Å²) < 4.78 is 29.1. The zero-order chi connectivity index (χ0) is 19.8. The van der Waals surface area contributed by atoms with E-state index in [0.717, 1.165) is 13.1 Å². The molecule has 3 rings (SSSR count). The highest BCUT2D eigenvalue weighted by Crippen LogP contribution is 2.38. The maximum absolute atomic E-state index is 12.0. The second-order valence-corrected chi connectivity index (χ2v) is 9.05. The van der Waals surface area contributed by atoms with Crippen LogP contribution < -0.4 is 5.32 Å². The number of ether oxygens (including phenoxy) is 5.